The highest BCUT2D eigenvalue weighted by atomic mass is 19.1. The van der Waals surface area contributed by atoms with Gasteiger partial charge in [-0.25, -0.2) is 28.4 Å². The molecule has 0 spiro atoms. The summed E-state index contributed by atoms with van der Waals surface area (Å²) in [7, 11) is 1.60. The summed E-state index contributed by atoms with van der Waals surface area (Å²) >= 11 is 0. The number of pyridine rings is 1. The van der Waals surface area contributed by atoms with Gasteiger partial charge in [0.05, 0.1) is 42.3 Å². The summed E-state index contributed by atoms with van der Waals surface area (Å²) in [5.41, 5.74) is 7.36. The first-order valence-corrected chi connectivity index (χ1v) is 19.2. The Morgan fingerprint density at radius 1 is 0.787 bits per heavy atom. The van der Waals surface area contributed by atoms with E-state index in [0.29, 0.717) is 94.1 Å². The summed E-state index contributed by atoms with van der Waals surface area (Å²) in [5, 5.41) is 20.0. The van der Waals surface area contributed by atoms with Gasteiger partial charge in [0.15, 0.2) is 0 Å². The van der Waals surface area contributed by atoms with Gasteiger partial charge in [-0.15, -0.1) is 0 Å². The second-order valence-corrected chi connectivity index (χ2v) is 14.2. The van der Waals surface area contributed by atoms with Crippen LogP contribution in [0.1, 0.15) is 33.6 Å². The molecule has 0 bridgehead atoms. The van der Waals surface area contributed by atoms with Gasteiger partial charge in [-0.3, -0.25) is 18.6 Å². The predicted octanol–water partition coefficient (Wildman–Crippen LogP) is 6.01. The van der Waals surface area contributed by atoms with Crippen LogP contribution >= 0.6 is 0 Å². The van der Waals surface area contributed by atoms with E-state index in [2.05, 4.69) is 45.5 Å². The highest BCUT2D eigenvalue weighted by Crippen LogP contribution is 2.34. The lowest BCUT2D eigenvalue weighted by atomic mass is 10.0. The number of aliphatic hydroxyl groups excluding tert-OH is 1. The lowest BCUT2D eigenvalue weighted by molar-refractivity contribution is 0.277. The number of halogens is 2. The summed E-state index contributed by atoms with van der Waals surface area (Å²) in [6.45, 7) is 10.5. The van der Waals surface area contributed by atoms with Gasteiger partial charge >= 0.3 is 0 Å². The van der Waals surface area contributed by atoms with Crippen LogP contribution in [0.2, 0.25) is 0 Å². The Bertz CT molecular complexity index is 3100. The van der Waals surface area contributed by atoms with Crippen molar-refractivity contribution >= 4 is 29.0 Å². The van der Waals surface area contributed by atoms with E-state index in [1.807, 2.05) is 19.2 Å². The topological polar surface area (TPSA) is 175 Å². The fourth-order valence-corrected chi connectivity index (χ4v) is 7.62. The Labute approximate surface area is 346 Å². The number of nitrogens with one attached hydrogen (secondary N) is 2. The van der Waals surface area contributed by atoms with E-state index in [4.69, 9.17) is 16.0 Å². The molecule has 0 radical (unpaired) electrons. The fourth-order valence-electron chi connectivity index (χ4n) is 7.62. The Balaban J connectivity index is 0.000000156. The molecule has 8 aromatic rings. The smallest absolute Gasteiger partial charge is 0.288 e. The molecule has 61 heavy (non-hydrogen) atoms. The molecule has 10 rings (SSSR count). The van der Waals surface area contributed by atoms with E-state index in [1.165, 1.54) is 16.8 Å². The van der Waals surface area contributed by atoms with Gasteiger partial charge in [0, 0.05) is 104 Å². The minimum Gasteiger partial charge on any atom is -0.493 e. The van der Waals surface area contributed by atoms with Crippen LogP contribution in [0.3, 0.4) is 0 Å². The van der Waals surface area contributed by atoms with Crippen molar-refractivity contribution in [1.82, 2.24) is 43.5 Å². The van der Waals surface area contributed by atoms with Gasteiger partial charge in [0.1, 0.15) is 28.8 Å². The van der Waals surface area contributed by atoms with Crippen molar-refractivity contribution in [2.24, 2.45) is 7.05 Å². The molecule has 2 aliphatic heterocycles. The maximum Gasteiger partial charge on any atom is 0.288 e. The van der Waals surface area contributed by atoms with Crippen molar-refractivity contribution in [3.05, 3.63) is 147 Å². The third-order valence-electron chi connectivity index (χ3n) is 10.6. The van der Waals surface area contributed by atoms with Crippen LogP contribution in [0, 0.1) is 25.1 Å². The molecule has 0 unspecified atom stereocenters. The highest BCUT2D eigenvalue weighted by molar-refractivity contribution is 5.81. The number of aliphatic hydroxyl groups is 1. The SMILES string of the molecule is Cc1cn2c(NCc3c(F)ccc4c3CCO4)ncc(-c3ccnn(C)c3=O)c2n1.[C-]#[N+]c1cn2c(NCc3c(F)ccc4c3CCO4)ncc(-c3cccnc3CO)c2n1. The fraction of sp³-hybridized carbons (Fsp3) is 0.209. The van der Waals surface area contributed by atoms with Gasteiger partial charge in [0.25, 0.3) is 11.4 Å². The van der Waals surface area contributed by atoms with Crippen LogP contribution in [-0.4, -0.2) is 61.8 Å². The van der Waals surface area contributed by atoms with Gasteiger partial charge in [-0.1, -0.05) is 17.6 Å². The lowest BCUT2D eigenvalue weighted by Crippen LogP contribution is -2.21. The summed E-state index contributed by atoms with van der Waals surface area (Å²) in [4.78, 5) is 38.1. The minimum atomic E-state index is -0.306. The molecule has 0 amide bonds. The quantitative estimate of drug-likeness (QED) is 0.145. The number of rotatable bonds is 9. The second-order valence-electron chi connectivity index (χ2n) is 14.2. The average molecular weight is 823 g/mol. The first-order chi connectivity index (χ1) is 29.7. The number of hydrogen-bond acceptors (Lipinski definition) is 12. The van der Waals surface area contributed by atoms with Crippen molar-refractivity contribution < 1.29 is 23.4 Å². The number of anilines is 2. The lowest BCUT2D eigenvalue weighted by Gasteiger charge is -2.13. The monoisotopic (exact) mass is 822 g/mol. The predicted molar refractivity (Wildman–Crippen MR) is 220 cm³/mol. The van der Waals surface area contributed by atoms with Gasteiger partial charge in [-0.2, -0.15) is 5.10 Å². The Hall–Kier alpha value is -7.78. The molecule has 8 heterocycles. The Morgan fingerprint density at radius 2 is 1.39 bits per heavy atom. The van der Waals surface area contributed by atoms with Crippen molar-refractivity contribution in [3.63, 3.8) is 0 Å². The van der Waals surface area contributed by atoms with E-state index in [-0.39, 0.29) is 42.7 Å². The zero-order valence-electron chi connectivity index (χ0n) is 32.9. The summed E-state index contributed by atoms with van der Waals surface area (Å²) in [5.74, 6) is 1.99. The molecule has 6 aromatic heterocycles. The van der Waals surface area contributed by atoms with E-state index in [0.717, 1.165) is 22.6 Å². The number of benzene rings is 2. The maximum absolute atomic E-state index is 14.5. The van der Waals surface area contributed by atoms with Crippen molar-refractivity contribution in [2.75, 3.05) is 23.8 Å². The number of imidazole rings is 2. The van der Waals surface area contributed by atoms with E-state index in [1.54, 1.807) is 71.1 Å². The van der Waals surface area contributed by atoms with Crippen molar-refractivity contribution in [3.8, 4) is 33.8 Å². The number of aryl methyl sites for hydroxylation is 2. The summed E-state index contributed by atoms with van der Waals surface area (Å²) < 4.78 is 44.7. The summed E-state index contributed by atoms with van der Waals surface area (Å²) in [6, 6.07) is 11.4. The largest absolute Gasteiger partial charge is 0.493 e. The summed E-state index contributed by atoms with van der Waals surface area (Å²) in [6.07, 6.45) is 11.1. The molecule has 0 atom stereocenters. The number of hydrogen-bond donors (Lipinski definition) is 3. The molecule has 0 fully saturated rings. The van der Waals surface area contributed by atoms with Crippen LogP contribution in [0.4, 0.5) is 26.5 Å². The molecule has 0 aliphatic carbocycles. The molecule has 306 valence electrons. The number of fused-ring (bicyclic) bond motifs is 4. The average Bonchev–Trinajstić information content (AvgIpc) is 4.11. The molecular formula is C43H36F2N12O4. The van der Waals surface area contributed by atoms with Crippen molar-refractivity contribution in [1.29, 1.82) is 0 Å². The standard InChI is InChI=1S/C22H17FN6O2.C21H19FN6O2/c1-24-20-11-29-21(28-20)16(13-3-2-7-25-18(13)12-30)10-27-22(29)26-9-15-14-6-8-31-19(14)5-4-17(15)23;1-12-11-28-19(26-12)16(14-5-7-25-27(2)20(14)29)10-24-21(28)23-9-15-13-6-8-30-18(13)4-3-17(15)22/h2-5,7,10-11,30H,6,8-9,12H2,(H,26,27);3-5,7,10-11H,6,8-9H2,1-2H3,(H,23,24). The minimum absolute atomic E-state index is 0.201. The van der Waals surface area contributed by atoms with Crippen LogP contribution in [0.5, 0.6) is 11.5 Å². The van der Waals surface area contributed by atoms with Gasteiger partial charge in [-0.05, 0) is 43.3 Å². The van der Waals surface area contributed by atoms with Crippen LogP contribution in [-0.2, 0) is 39.6 Å². The molecule has 0 saturated carbocycles. The first kappa shape index (κ1) is 38.7. The number of aromatic nitrogens is 9. The molecule has 16 nitrogen and oxygen atoms in total. The van der Waals surface area contributed by atoms with E-state index < -0.39 is 0 Å². The molecule has 2 aliphatic rings. The third kappa shape index (κ3) is 7.20. The van der Waals surface area contributed by atoms with Gasteiger partial charge < -0.3 is 30.1 Å². The number of ether oxygens (including phenoxy) is 2. The second kappa shape index (κ2) is 16.1. The van der Waals surface area contributed by atoms with E-state index >= 15 is 0 Å². The normalized spacial score (nSPS) is 12.6. The van der Waals surface area contributed by atoms with Gasteiger partial charge in [0.2, 0.25) is 17.5 Å². The van der Waals surface area contributed by atoms with E-state index in [9.17, 15) is 18.7 Å². The Morgan fingerprint density at radius 3 is 2.02 bits per heavy atom. The highest BCUT2D eigenvalue weighted by Gasteiger charge is 2.23. The third-order valence-corrected chi connectivity index (χ3v) is 10.6. The number of nitrogens with zero attached hydrogens (tertiary/aromatic N) is 10. The van der Waals surface area contributed by atoms with Crippen LogP contribution < -0.4 is 25.7 Å². The zero-order chi connectivity index (χ0) is 42.2. The molecule has 0 saturated heterocycles. The first-order valence-electron chi connectivity index (χ1n) is 19.2. The molecule has 3 N–H and O–H groups in total. The molecule has 18 heteroatoms. The van der Waals surface area contributed by atoms with Crippen LogP contribution in [0.25, 0.3) is 38.4 Å². The maximum atomic E-state index is 14.5. The molecular weight excluding hydrogens is 787 g/mol. The Kier molecular flexibility index (Phi) is 10.2. The zero-order valence-corrected chi connectivity index (χ0v) is 32.9. The molecule has 2 aromatic carbocycles. The van der Waals surface area contributed by atoms with Crippen molar-refractivity contribution in [2.45, 2.75) is 39.5 Å². The van der Waals surface area contributed by atoms with Crippen LogP contribution in [0.15, 0.2) is 84.4 Å².